The van der Waals surface area contributed by atoms with Gasteiger partial charge in [0.2, 0.25) is 0 Å². The molecule has 4 nitrogen and oxygen atoms in total. The maximum atomic E-state index is 10.9. The zero-order chi connectivity index (χ0) is 11.8. The Morgan fingerprint density at radius 1 is 1.33 bits per heavy atom. The molecule has 0 bridgehead atoms. The first-order chi connectivity index (χ1) is 6.93. The maximum Gasteiger partial charge on any atom is 0.333 e. The zero-order valence-corrected chi connectivity index (χ0v) is 9.28. The quantitative estimate of drug-likeness (QED) is 0.391. The van der Waals surface area contributed by atoms with Crippen molar-refractivity contribution in [3.8, 4) is 0 Å². The molecule has 0 rings (SSSR count). The molecule has 0 aromatic rings. The van der Waals surface area contributed by atoms with E-state index in [2.05, 4.69) is 13.2 Å². The first kappa shape index (κ1) is 13.9. The van der Waals surface area contributed by atoms with Gasteiger partial charge in [0.1, 0.15) is 12.7 Å². The van der Waals surface area contributed by atoms with Gasteiger partial charge in [-0.2, -0.15) is 0 Å². The fourth-order valence-corrected chi connectivity index (χ4v) is 0.712. The summed E-state index contributed by atoms with van der Waals surface area (Å²) in [7, 11) is 0. The van der Waals surface area contributed by atoms with Crippen LogP contribution < -0.4 is 0 Å². The van der Waals surface area contributed by atoms with Gasteiger partial charge in [-0.3, -0.25) is 0 Å². The van der Waals surface area contributed by atoms with Crippen molar-refractivity contribution < 1.29 is 19.4 Å². The molecule has 0 aliphatic heterocycles. The monoisotopic (exact) mass is 214 g/mol. The predicted octanol–water partition coefficient (Wildman–Crippen LogP) is 1.06. The lowest BCUT2D eigenvalue weighted by Crippen LogP contribution is -2.24. The number of esters is 1. The lowest BCUT2D eigenvalue weighted by Gasteiger charge is -2.11. The van der Waals surface area contributed by atoms with Crippen molar-refractivity contribution >= 4 is 5.97 Å². The molecule has 0 amide bonds. The Labute approximate surface area is 90.2 Å². The number of aliphatic hydroxyl groups excluding tert-OH is 1. The highest BCUT2D eigenvalue weighted by molar-refractivity contribution is 5.86. The number of rotatable bonds is 7. The van der Waals surface area contributed by atoms with E-state index in [4.69, 9.17) is 9.47 Å². The van der Waals surface area contributed by atoms with Crippen molar-refractivity contribution in [2.75, 3.05) is 19.8 Å². The molecule has 0 saturated carbocycles. The Hall–Kier alpha value is -1.13. The number of carbonyl (C=O) groups is 1. The second kappa shape index (κ2) is 7.20. The number of ether oxygens (including phenoxy) is 2. The van der Waals surface area contributed by atoms with Crippen LogP contribution in [0.3, 0.4) is 0 Å². The van der Waals surface area contributed by atoms with Crippen LogP contribution in [0.4, 0.5) is 0 Å². The lowest BCUT2D eigenvalue weighted by molar-refractivity contribution is -0.142. The number of carbonyl (C=O) groups excluding carboxylic acids is 1. The van der Waals surface area contributed by atoms with Crippen LogP contribution in [0.25, 0.3) is 0 Å². The summed E-state index contributed by atoms with van der Waals surface area (Å²) in [6.07, 6.45) is -0.812. The number of hydrogen-bond acceptors (Lipinski definition) is 4. The van der Waals surface area contributed by atoms with Crippen LogP contribution in [0.2, 0.25) is 0 Å². The largest absolute Gasteiger partial charge is 0.460 e. The Kier molecular flexibility index (Phi) is 6.66. The third-order valence-corrected chi connectivity index (χ3v) is 1.41. The molecular formula is C11H18O4. The van der Waals surface area contributed by atoms with Crippen LogP contribution in [0.5, 0.6) is 0 Å². The van der Waals surface area contributed by atoms with E-state index in [0.29, 0.717) is 12.2 Å². The highest BCUT2D eigenvalue weighted by atomic mass is 16.5. The van der Waals surface area contributed by atoms with E-state index < -0.39 is 12.1 Å². The van der Waals surface area contributed by atoms with E-state index in [1.54, 1.807) is 6.92 Å². The molecule has 1 atom stereocenters. The highest BCUT2D eigenvalue weighted by Gasteiger charge is 2.09. The average Bonchev–Trinajstić information content (AvgIpc) is 2.13. The van der Waals surface area contributed by atoms with Crippen LogP contribution >= 0.6 is 0 Å². The summed E-state index contributed by atoms with van der Waals surface area (Å²) in [6, 6.07) is 0. The molecule has 0 saturated heterocycles. The van der Waals surface area contributed by atoms with Crippen molar-refractivity contribution in [3.63, 3.8) is 0 Å². The third-order valence-electron chi connectivity index (χ3n) is 1.41. The Bertz CT molecular complexity index is 245. The molecule has 0 spiro atoms. The van der Waals surface area contributed by atoms with Gasteiger partial charge in [0, 0.05) is 5.57 Å². The van der Waals surface area contributed by atoms with Gasteiger partial charge < -0.3 is 14.6 Å². The van der Waals surface area contributed by atoms with E-state index in [9.17, 15) is 9.90 Å². The SMILES string of the molecule is C=C(C)COCC(O)COC(=O)C(=C)C. The molecule has 4 heteroatoms. The summed E-state index contributed by atoms with van der Waals surface area (Å²) in [4.78, 5) is 10.9. The number of aliphatic hydroxyl groups is 1. The molecule has 0 fully saturated rings. The molecule has 0 aromatic carbocycles. The standard InChI is InChI=1S/C11H18O4/c1-8(2)5-14-6-10(12)7-15-11(13)9(3)4/h10,12H,1,3,5-7H2,2,4H3. The van der Waals surface area contributed by atoms with Crippen molar-refractivity contribution in [1.82, 2.24) is 0 Å². The van der Waals surface area contributed by atoms with Crippen LogP contribution in [-0.4, -0.2) is 37.0 Å². The smallest absolute Gasteiger partial charge is 0.333 e. The summed E-state index contributed by atoms with van der Waals surface area (Å²) in [6.45, 7) is 10.9. The van der Waals surface area contributed by atoms with E-state index in [1.165, 1.54) is 0 Å². The molecule has 15 heavy (non-hydrogen) atoms. The van der Waals surface area contributed by atoms with E-state index in [-0.39, 0.29) is 13.2 Å². The Balaban J connectivity index is 3.57. The van der Waals surface area contributed by atoms with Gasteiger partial charge in [-0.15, -0.1) is 0 Å². The summed E-state index contributed by atoms with van der Waals surface area (Å²) in [5, 5.41) is 9.33. The Morgan fingerprint density at radius 2 is 1.93 bits per heavy atom. The van der Waals surface area contributed by atoms with Crippen molar-refractivity contribution in [2.45, 2.75) is 20.0 Å². The molecule has 1 N–H and O–H groups in total. The van der Waals surface area contributed by atoms with Crippen molar-refractivity contribution in [2.24, 2.45) is 0 Å². The Morgan fingerprint density at radius 3 is 2.40 bits per heavy atom. The normalized spacial score (nSPS) is 11.9. The molecular weight excluding hydrogens is 196 g/mol. The predicted molar refractivity (Wildman–Crippen MR) is 57.4 cm³/mol. The minimum atomic E-state index is -0.812. The van der Waals surface area contributed by atoms with Crippen molar-refractivity contribution in [3.05, 3.63) is 24.3 Å². The molecule has 0 aromatic heterocycles. The first-order valence-electron chi connectivity index (χ1n) is 4.66. The molecule has 0 aliphatic carbocycles. The zero-order valence-electron chi connectivity index (χ0n) is 9.28. The van der Waals surface area contributed by atoms with E-state index >= 15 is 0 Å². The molecule has 0 aliphatic rings. The van der Waals surface area contributed by atoms with E-state index in [1.807, 2.05) is 6.92 Å². The van der Waals surface area contributed by atoms with Gasteiger partial charge in [0.25, 0.3) is 0 Å². The van der Waals surface area contributed by atoms with Gasteiger partial charge in [-0.05, 0) is 13.8 Å². The van der Waals surface area contributed by atoms with Crippen LogP contribution in [0, 0.1) is 0 Å². The first-order valence-corrected chi connectivity index (χ1v) is 4.66. The maximum absolute atomic E-state index is 10.9. The second-order valence-electron chi connectivity index (χ2n) is 3.50. The van der Waals surface area contributed by atoms with Crippen LogP contribution in [0.1, 0.15) is 13.8 Å². The highest BCUT2D eigenvalue weighted by Crippen LogP contribution is 1.96. The fourth-order valence-electron chi connectivity index (χ4n) is 0.712. The minimum absolute atomic E-state index is 0.0815. The average molecular weight is 214 g/mol. The summed E-state index contributed by atoms with van der Waals surface area (Å²) in [5.74, 6) is -0.506. The summed E-state index contributed by atoms with van der Waals surface area (Å²) >= 11 is 0. The van der Waals surface area contributed by atoms with Gasteiger partial charge in [0.15, 0.2) is 0 Å². The third kappa shape index (κ3) is 7.90. The van der Waals surface area contributed by atoms with Crippen molar-refractivity contribution in [1.29, 1.82) is 0 Å². The minimum Gasteiger partial charge on any atom is -0.460 e. The molecule has 1 unspecified atom stereocenters. The molecule has 86 valence electrons. The van der Waals surface area contributed by atoms with Gasteiger partial charge >= 0.3 is 5.97 Å². The van der Waals surface area contributed by atoms with Gasteiger partial charge in [0.05, 0.1) is 13.2 Å². The second-order valence-corrected chi connectivity index (χ2v) is 3.50. The van der Waals surface area contributed by atoms with Crippen LogP contribution in [0.15, 0.2) is 24.3 Å². The summed E-state index contributed by atoms with van der Waals surface area (Å²) < 4.78 is 9.82. The van der Waals surface area contributed by atoms with Crippen LogP contribution in [-0.2, 0) is 14.3 Å². The summed E-state index contributed by atoms with van der Waals surface area (Å²) in [5.41, 5.74) is 1.19. The number of hydrogen-bond donors (Lipinski definition) is 1. The van der Waals surface area contributed by atoms with Gasteiger partial charge in [-0.1, -0.05) is 18.7 Å². The topological polar surface area (TPSA) is 55.8 Å². The van der Waals surface area contributed by atoms with E-state index in [0.717, 1.165) is 5.57 Å². The fraction of sp³-hybridized carbons (Fsp3) is 0.545. The molecule has 0 heterocycles. The lowest BCUT2D eigenvalue weighted by atomic mass is 10.3. The van der Waals surface area contributed by atoms with Gasteiger partial charge in [-0.25, -0.2) is 4.79 Å². The molecule has 0 radical (unpaired) electrons.